The number of carbonyl (C=O) groups is 3. The van der Waals surface area contributed by atoms with Crippen LogP contribution in [0.1, 0.15) is 62.0 Å². The van der Waals surface area contributed by atoms with Crippen LogP contribution in [0.3, 0.4) is 0 Å². The van der Waals surface area contributed by atoms with E-state index in [1.807, 2.05) is 0 Å². The lowest BCUT2D eigenvalue weighted by molar-refractivity contribution is -0.142. The highest BCUT2D eigenvalue weighted by atomic mass is 35.5. The van der Waals surface area contributed by atoms with Gasteiger partial charge in [-0.15, -0.1) is 0 Å². The number of nitrogens with one attached hydrogen (secondary N) is 2. The van der Waals surface area contributed by atoms with Crippen molar-refractivity contribution in [3.63, 3.8) is 0 Å². The molecular formula is C40H38Cl2F8N8O4. The molecule has 0 spiro atoms. The molecule has 22 heteroatoms. The molecule has 62 heavy (non-hydrogen) atoms. The van der Waals surface area contributed by atoms with Crippen molar-refractivity contribution in [2.75, 3.05) is 13.1 Å². The number of pyridine rings is 4. The standard InChI is InChI=1S/C40H38Cl2F8N8O4/c1-38(2,3)62-37(61)58-19-24(44)8-32(58)36(60)56-14-26-10-28(30(42)16-52-26)21-6-22(34(54-12-21)40(48,49)50)17-57-18-23(43)7-31(57)35(59)55-13-25-9-27(29(41)15-51-25)20-4-5-33(53-11-20)39(45,46)47/h4-6,9-12,15-16,23-24,31-32H,7-8,13-14,17-19H2,1-3H3,(H,55,59)(H,56,60). The number of hydrogen-bond acceptors (Lipinski definition) is 9. The lowest BCUT2D eigenvalue weighted by atomic mass is 10.0. The fraction of sp³-hybridized carbons (Fsp3) is 0.425. The van der Waals surface area contributed by atoms with Crippen LogP contribution in [-0.4, -0.2) is 90.8 Å². The van der Waals surface area contributed by atoms with Gasteiger partial charge in [-0.05, 0) is 50.6 Å². The zero-order valence-electron chi connectivity index (χ0n) is 33.1. The van der Waals surface area contributed by atoms with Gasteiger partial charge >= 0.3 is 18.4 Å². The number of amides is 3. The Kier molecular flexibility index (Phi) is 13.6. The number of halogens is 10. The van der Waals surface area contributed by atoms with Gasteiger partial charge in [-0.1, -0.05) is 29.3 Å². The van der Waals surface area contributed by atoms with Crippen molar-refractivity contribution in [3.8, 4) is 22.3 Å². The molecule has 2 N–H and O–H groups in total. The van der Waals surface area contributed by atoms with Gasteiger partial charge in [0.05, 0.1) is 47.1 Å². The maximum absolute atomic E-state index is 14.9. The summed E-state index contributed by atoms with van der Waals surface area (Å²) in [7, 11) is 0. The maximum atomic E-state index is 14.9. The first-order chi connectivity index (χ1) is 29.0. The highest BCUT2D eigenvalue weighted by Gasteiger charge is 2.43. The Morgan fingerprint density at radius 2 is 1.27 bits per heavy atom. The summed E-state index contributed by atoms with van der Waals surface area (Å²) in [6.45, 7) is 3.11. The third kappa shape index (κ3) is 11.2. The summed E-state index contributed by atoms with van der Waals surface area (Å²) in [6.07, 6.45) is -9.77. The predicted octanol–water partition coefficient (Wildman–Crippen LogP) is 8.14. The molecule has 332 valence electrons. The zero-order chi connectivity index (χ0) is 45.3. The second-order valence-electron chi connectivity index (χ2n) is 15.7. The molecule has 6 heterocycles. The van der Waals surface area contributed by atoms with Gasteiger partial charge in [-0.2, -0.15) is 26.3 Å². The second kappa shape index (κ2) is 18.3. The van der Waals surface area contributed by atoms with Gasteiger partial charge in [0, 0.05) is 73.0 Å². The average Bonchev–Trinajstić information content (AvgIpc) is 3.77. The first-order valence-electron chi connectivity index (χ1n) is 18.9. The third-order valence-electron chi connectivity index (χ3n) is 9.83. The van der Waals surface area contributed by atoms with E-state index in [-0.39, 0.29) is 82.7 Å². The van der Waals surface area contributed by atoms with Crippen molar-refractivity contribution in [1.82, 2.24) is 40.4 Å². The molecule has 6 rings (SSSR count). The molecule has 4 atom stereocenters. The molecule has 0 aliphatic carbocycles. The molecule has 0 bridgehead atoms. The third-order valence-corrected chi connectivity index (χ3v) is 10.4. The van der Waals surface area contributed by atoms with E-state index in [0.717, 1.165) is 29.4 Å². The molecule has 0 radical (unpaired) electrons. The lowest BCUT2D eigenvalue weighted by Gasteiger charge is -2.27. The molecule has 2 aliphatic rings. The summed E-state index contributed by atoms with van der Waals surface area (Å²) in [4.78, 5) is 57.0. The van der Waals surface area contributed by atoms with Gasteiger partial charge in [-0.3, -0.25) is 39.3 Å². The molecule has 0 aromatic carbocycles. The summed E-state index contributed by atoms with van der Waals surface area (Å²) < 4.78 is 117. The van der Waals surface area contributed by atoms with Gasteiger partial charge in [-0.25, -0.2) is 13.6 Å². The molecule has 2 saturated heterocycles. The number of hydrogen-bond donors (Lipinski definition) is 2. The summed E-state index contributed by atoms with van der Waals surface area (Å²) in [5.74, 6) is -1.41. The van der Waals surface area contributed by atoms with Gasteiger partial charge in [0.1, 0.15) is 35.4 Å². The molecule has 2 fully saturated rings. The maximum Gasteiger partial charge on any atom is 0.433 e. The topological polar surface area (TPSA) is 143 Å². The van der Waals surface area contributed by atoms with Crippen LogP contribution in [0.15, 0.2) is 55.1 Å². The highest BCUT2D eigenvalue weighted by molar-refractivity contribution is 6.33. The minimum atomic E-state index is -4.95. The van der Waals surface area contributed by atoms with Gasteiger partial charge < -0.3 is 15.4 Å². The number of carbonyl (C=O) groups excluding carboxylic acids is 3. The summed E-state index contributed by atoms with van der Waals surface area (Å²) >= 11 is 12.7. The van der Waals surface area contributed by atoms with Gasteiger partial charge in [0.15, 0.2) is 0 Å². The number of ether oxygens (including phenoxy) is 1. The number of rotatable bonds is 10. The molecule has 12 nitrogen and oxygen atoms in total. The predicted molar refractivity (Wildman–Crippen MR) is 209 cm³/mol. The van der Waals surface area contributed by atoms with Crippen LogP contribution in [-0.2, 0) is 46.3 Å². The Morgan fingerprint density at radius 3 is 1.82 bits per heavy atom. The number of nitrogens with zero attached hydrogens (tertiary/aromatic N) is 6. The van der Waals surface area contributed by atoms with Gasteiger partial charge in [0.2, 0.25) is 11.8 Å². The zero-order valence-corrected chi connectivity index (χ0v) is 34.6. The monoisotopic (exact) mass is 916 g/mol. The molecule has 0 saturated carbocycles. The Labute approximate surface area is 359 Å². The van der Waals surface area contributed by atoms with Crippen LogP contribution in [0.5, 0.6) is 0 Å². The summed E-state index contributed by atoms with van der Waals surface area (Å²) in [6, 6.07) is 3.54. The molecular weight excluding hydrogens is 879 g/mol. The van der Waals surface area contributed by atoms with E-state index in [1.165, 1.54) is 35.5 Å². The molecule has 2 aliphatic heterocycles. The fourth-order valence-corrected chi connectivity index (χ4v) is 7.44. The van der Waals surface area contributed by atoms with Crippen LogP contribution in [0.25, 0.3) is 22.3 Å². The van der Waals surface area contributed by atoms with Crippen molar-refractivity contribution >= 4 is 41.1 Å². The Balaban J connectivity index is 1.16. The Hall–Kier alpha value is -5.21. The lowest BCUT2D eigenvalue weighted by Crippen LogP contribution is -2.47. The van der Waals surface area contributed by atoms with Crippen molar-refractivity contribution in [1.29, 1.82) is 0 Å². The summed E-state index contributed by atoms with van der Waals surface area (Å²) in [5.41, 5.74) is -2.49. The van der Waals surface area contributed by atoms with Crippen LogP contribution >= 0.6 is 23.2 Å². The average molecular weight is 918 g/mol. The van der Waals surface area contributed by atoms with E-state index in [1.54, 1.807) is 20.8 Å². The fourth-order valence-electron chi connectivity index (χ4n) is 7.01. The normalized spacial score (nSPS) is 19.7. The van der Waals surface area contributed by atoms with Crippen LogP contribution < -0.4 is 10.6 Å². The van der Waals surface area contributed by atoms with E-state index in [4.69, 9.17) is 27.9 Å². The second-order valence-corrected chi connectivity index (χ2v) is 16.5. The van der Waals surface area contributed by atoms with Crippen molar-refractivity contribution in [2.45, 2.75) is 95.6 Å². The van der Waals surface area contributed by atoms with Crippen LogP contribution in [0.4, 0.5) is 39.9 Å². The van der Waals surface area contributed by atoms with Gasteiger partial charge in [0.25, 0.3) is 0 Å². The minimum absolute atomic E-state index is 0.00977. The van der Waals surface area contributed by atoms with E-state index in [2.05, 4.69) is 30.6 Å². The van der Waals surface area contributed by atoms with Crippen molar-refractivity contribution in [2.24, 2.45) is 0 Å². The molecule has 3 amide bonds. The Morgan fingerprint density at radius 1 is 0.726 bits per heavy atom. The van der Waals surface area contributed by atoms with E-state index >= 15 is 0 Å². The van der Waals surface area contributed by atoms with Crippen molar-refractivity contribution < 1.29 is 54.2 Å². The number of likely N-dealkylation sites (tertiary alicyclic amines) is 2. The largest absolute Gasteiger partial charge is 0.444 e. The highest BCUT2D eigenvalue weighted by Crippen LogP contribution is 2.37. The molecule has 4 aromatic heterocycles. The molecule has 4 unspecified atom stereocenters. The minimum Gasteiger partial charge on any atom is -0.444 e. The van der Waals surface area contributed by atoms with Crippen LogP contribution in [0, 0.1) is 0 Å². The Bertz CT molecular complexity index is 2310. The first-order valence-corrected chi connectivity index (χ1v) is 19.7. The molecule has 4 aromatic rings. The number of aromatic nitrogens is 4. The van der Waals surface area contributed by atoms with Crippen molar-refractivity contribution in [3.05, 3.63) is 93.5 Å². The van der Waals surface area contributed by atoms with E-state index in [9.17, 15) is 49.5 Å². The number of alkyl halides is 8. The smallest absolute Gasteiger partial charge is 0.433 e. The summed E-state index contributed by atoms with van der Waals surface area (Å²) in [5, 5.41) is 5.30. The van der Waals surface area contributed by atoms with E-state index in [0.29, 0.717) is 0 Å². The quantitative estimate of drug-likeness (QED) is 0.151. The van der Waals surface area contributed by atoms with Crippen LogP contribution in [0.2, 0.25) is 10.0 Å². The first kappa shape index (κ1) is 46.3. The SMILES string of the molecule is CC(C)(C)OC(=O)N1CC(F)CC1C(=O)NCc1cc(-c2cnc(C(F)(F)F)c(CN3CC(F)CC3C(=O)NCc3cc(-c4ccc(C(F)(F)F)nc4)c(Cl)cn3)c2)c(Cl)cn1. The van der Waals surface area contributed by atoms with E-state index < -0.39 is 83.8 Å².